The Morgan fingerprint density at radius 1 is 1.20 bits per heavy atom. The van der Waals surface area contributed by atoms with Gasteiger partial charge in [-0.3, -0.25) is 4.98 Å². The van der Waals surface area contributed by atoms with Gasteiger partial charge >= 0.3 is 0 Å². The van der Waals surface area contributed by atoms with Crippen LogP contribution in [0.4, 0.5) is 0 Å². The lowest BCUT2D eigenvalue weighted by Gasteiger charge is -2.15. The molecule has 0 aliphatic rings. The molecule has 0 aliphatic heterocycles. The fourth-order valence-electron chi connectivity index (χ4n) is 2.53. The molecular weight excluding hydrogens is 250 g/mol. The summed E-state index contributed by atoms with van der Waals surface area (Å²) in [5, 5.41) is 12.8. The Morgan fingerprint density at radius 3 is 2.95 bits per heavy atom. The Kier molecular flexibility index (Phi) is 3.48. The van der Waals surface area contributed by atoms with E-state index in [1.807, 2.05) is 35.0 Å². The standard InChI is InChI=1S/C16H17N3O/c1-2-8-19-11-18-10-15(19)16(20)14-5-3-4-12-9-17-7-6-13(12)14/h3-7,9-11,16,20H,2,8H2,1H3. The van der Waals surface area contributed by atoms with E-state index in [1.165, 1.54) is 0 Å². The minimum absolute atomic E-state index is 0.671. The van der Waals surface area contributed by atoms with Crippen LogP contribution in [-0.2, 0) is 6.54 Å². The van der Waals surface area contributed by atoms with E-state index < -0.39 is 6.10 Å². The maximum absolute atomic E-state index is 10.7. The summed E-state index contributed by atoms with van der Waals surface area (Å²) in [6.45, 7) is 2.97. The zero-order chi connectivity index (χ0) is 13.9. The number of imidazole rings is 1. The zero-order valence-electron chi connectivity index (χ0n) is 11.4. The summed E-state index contributed by atoms with van der Waals surface area (Å²) in [4.78, 5) is 8.28. The average Bonchev–Trinajstić information content (AvgIpc) is 2.94. The van der Waals surface area contributed by atoms with Gasteiger partial charge in [-0.25, -0.2) is 4.98 Å². The van der Waals surface area contributed by atoms with Gasteiger partial charge < -0.3 is 9.67 Å². The molecule has 3 rings (SSSR count). The van der Waals surface area contributed by atoms with Gasteiger partial charge in [-0.2, -0.15) is 0 Å². The van der Waals surface area contributed by atoms with Gasteiger partial charge in [0.1, 0.15) is 6.10 Å². The van der Waals surface area contributed by atoms with E-state index >= 15 is 0 Å². The number of benzene rings is 1. The van der Waals surface area contributed by atoms with Gasteiger partial charge in [-0.15, -0.1) is 0 Å². The number of fused-ring (bicyclic) bond motifs is 1. The second-order valence-corrected chi connectivity index (χ2v) is 4.86. The van der Waals surface area contributed by atoms with Crippen molar-refractivity contribution in [3.8, 4) is 0 Å². The molecule has 0 saturated carbocycles. The number of aromatic nitrogens is 3. The third kappa shape index (κ3) is 2.18. The van der Waals surface area contributed by atoms with E-state index in [2.05, 4.69) is 16.9 Å². The lowest BCUT2D eigenvalue weighted by atomic mass is 10.00. The number of aliphatic hydroxyl groups excluding tert-OH is 1. The van der Waals surface area contributed by atoms with Crippen LogP contribution >= 0.6 is 0 Å². The molecular formula is C16H17N3O. The van der Waals surface area contributed by atoms with E-state index in [0.717, 1.165) is 35.0 Å². The molecule has 1 aromatic carbocycles. The normalized spacial score (nSPS) is 12.7. The van der Waals surface area contributed by atoms with Crippen molar-refractivity contribution in [1.82, 2.24) is 14.5 Å². The molecule has 20 heavy (non-hydrogen) atoms. The van der Waals surface area contributed by atoms with Crippen LogP contribution in [0, 0.1) is 0 Å². The summed E-state index contributed by atoms with van der Waals surface area (Å²) in [6.07, 6.45) is 7.41. The number of aryl methyl sites for hydroxylation is 1. The smallest absolute Gasteiger partial charge is 0.121 e. The number of nitrogens with zero attached hydrogens (tertiary/aromatic N) is 3. The van der Waals surface area contributed by atoms with E-state index in [0.29, 0.717) is 0 Å². The second kappa shape index (κ2) is 5.43. The molecule has 2 aromatic heterocycles. The van der Waals surface area contributed by atoms with E-state index in [9.17, 15) is 5.11 Å². The molecule has 3 aromatic rings. The highest BCUT2D eigenvalue weighted by Gasteiger charge is 2.17. The average molecular weight is 267 g/mol. The molecule has 1 N–H and O–H groups in total. The van der Waals surface area contributed by atoms with Crippen LogP contribution in [-0.4, -0.2) is 19.6 Å². The first kappa shape index (κ1) is 12.8. The van der Waals surface area contributed by atoms with Crippen molar-refractivity contribution in [1.29, 1.82) is 0 Å². The fraction of sp³-hybridized carbons (Fsp3) is 0.250. The summed E-state index contributed by atoms with van der Waals surface area (Å²) < 4.78 is 2.00. The van der Waals surface area contributed by atoms with Crippen molar-refractivity contribution in [3.05, 3.63) is 60.4 Å². The first-order valence-electron chi connectivity index (χ1n) is 6.82. The molecule has 0 spiro atoms. The van der Waals surface area contributed by atoms with Crippen LogP contribution in [0.15, 0.2) is 49.2 Å². The molecule has 4 nitrogen and oxygen atoms in total. The van der Waals surface area contributed by atoms with E-state index in [1.54, 1.807) is 18.7 Å². The highest BCUT2D eigenvalue weighted by Crippen LogP contribution is 2.28. The number of rotatable bonds is 4. The van der Waals surface area contributed by atoms with Crippen LogP contribution < -0.4 is 0 Å². The van der Waals surface area contributed by atoms with Gasteiger partial charge in [-0.1, -0.05) is 25.1 Å². The van der Waals surface area contributed by atoms with Crippen molar-refractivity contribution in [3.63, 3.8) is 0 Å². The Hall–Kier alpha value is -2.20. The largest absolute Gasteiger partial charge is 0.382 e. The van der Waals surface area contributed by atoms with Crippen molar-refractivity contribution in [2.75, 3.05) is 0 Å². The van der Waals surface area contributed by atoms with Crippen LogP contribution in [0.3, 0.4) is 0 Å². The van der Waals surface area contributed by atoms with E-state index in [-0.39, 0.29) is 0 Å². The fourth-order valence-corrected chi connectivity index (χ4v) is 2.53. The molecule has 4 heteroatoms. The molecule has 0 radical (unpaired) electrons. The monoisotopic (exact) mass is 267 g/mol. The predicted molar refractivity (Wildman–Crippen MR) is 78.3 cm³/mol. The lowest BCUT2D eigenvalue weighted by Crippen LogP contribution is -2.08. The quantitative estimate of drug-likeness (QED) is 0.790. The third-order valence-corrected chi connectivity index (χ3v) is 3.50. The zero-order valence-corrected chi connectivity index (χ0v) is 11.4. The summed E-state index contributed by atoms with van der Waals surface area (Å²) in [5.74, 6) is 0. The number of pyridine rings is 1. The highest BCUT2D eigenvalue weighted by molar-refractivity contribution is 5.85. The van der Waals surface area contributed by atoms with Crippen LogP contribution in [0.1, 0.15) is 30.7 Å². The van der Waals surface area contributed by atoms with Crippen LogP contribution in [0.5, 0.6) is 0 Å². The maximum atomic E-state index is 10.7. The summed E-state index contributed by atoms with van der Waals surface area (Å²) in [5.41, 5.74) is 1.72. The summed E-state index contributed by atoms with van der Waals surface area (Å²) in [7, 11) is 0. The number of hydrogen-bond acceptors (Lipinski definition) is 3. The molecule has 0 aliphatic carbocycles. The minimum atomic E-state index is -0.671. The Bertz CT molecular complexity index is 715. The SMILES string of the molecule is CCCn1cncc1C(O)c1cccc2cnccc12. The van der Waals surface area contributed by atoms with Gasteiger partial charge in [0.15, 0.2) is 0 Å². The van der Waals surface area contributed by atoms with Gasteiger partial charge in [0, 0.05) is 24.3 Å². The molecule has 102 valence electrons. The molecule has 1 unspecified atom stereocenters. The van der Waals surface area contributed by atoms with Crippen LogP contribution in [0.2, 0.25) is 0 Å². The second-order valence-electron chi connectivity index (χ2n) is 4.86. The van der Waals surface area contributed by atoms with Crippen molar-refractivity contribution < 1.29 is 5.11 Å². The van der Waals surface area contributed by atoms with Gasteiger partial charge in [0.2, 0.25) is 0 Å². The number of aliphatic hydroxyl groups is 1. The van der Waals surface area contributed by atoms with E-state index in [4.69, 9.17) is 0 Å². The molecule has 0 fully saturated rings. The van der Waals surface area contributed by atoms with Gasteiger partial charge in [0.05, 0.1) is 18.2 Å². The van der Waals surface area contributed by atoms with Gasteiger partial charge in [-0.05, 0) is 23.4 Å². The topological polar surface area (TPSA) is 50.9 Å². The Morgan fingerprint density at radius 2 is 2.10 bits per heavy atom. The Balaban J connectivity index is 2.08. The van der Waals surface area contributed by atoms with Crippen molar-refractivity contribution >= 4 is 10.8 Å². The summed E-state index contributed by atoms with van der Waals surface area (Å²) in [6, 6.07) is 7.84. The molecule has 0 bridgehead atoms. The molecule has 2 heterocycles. The molecule has 0 saturated heterocycles. The lowest BCUT2D eigenvalue weighted by molar-refractivity contribution is 0.211. The van der Waals surface area contributed by atoms with Crippen molar-refractivity contribution in [2.45, 2.75) is 26.0 Å². The highest BCUT2D eigenvalue weighted by atomic mass is 16.3. The maximum Gasteiger partial charge on any atom is 0.121 e. The predicted octanol–water partition coefficient (Wildman–Crippen LogP) is 2.92. The first-order chi connectivity index (χ1) is 9.81. The minimum Gasteiger partial charge on any atom is -0.382 e. The molecule has 1 atom stereocenters. The number of hydrogen-bond donors (Lipinski definition) is 1. The van der Waals surface area contributed by atoms with Gasteiger partial charge in [0.25, 0.3) is 0 Å². The summed E-state index contributed by atoms with van der Waals surface area (Å²) >= 11 is 0. The third-order valence-electron chi connectivity index (χ3n) is 3.50. The van der Waals surface area contributed by atoms with Crippen molar-refractivity contribution in [2.24, 2.45) is 0 Å². The Labute approximate surface area is 117 Å². The first-order valence-corrected chi connectivity index (χ1v) is 6.82. The van der Waals surface area contributed by atoms with Crippen LogP contribution in [0.25, 0.3) is 10.8 Å². The molecule has 0 amide bonds.